The summed E-state index contributed by atoms with van der Waals surface area (Å²) in [7, 11) is -1.14. The van der Waals surface area contributed by atoms with E-state index in [9.17, 15) is 18.3 Å². The van der Waals surface area contributed by atoms with Gasteiger partial charge in [-0.2, -0.15) is 4.98 Å². The molecule has 31 heavy (non-hydrogen) atoms. The molecule has 1 aliphatic rings. The van der Waals surface area contributed by atoms with Crippen molar-refractivity contribution in [1.29, 1.82) is 0 Å². The van der Waals surface area contributed by atoms with E-state index in [0.29, 0.717) is 31.9 Å². The Hall–Kier alpha value is -2.41. The molecule has 0 atom stereocenters. The number of aromatic hydroxyl groups is 1. The first kappa shape index (κ1) is 23.3. The fraction of sp³-hybridized carbons (Fsp3) is 0.474. The van der Waals surface area contributed by atoms with Crippen molar-refractivity contribution in [2.75, 3.05) is 62.1 Å². The van der Waals surface area contributed by atoms with Crippen molar-refractivity contribution in [3.63, 3.8) is 0 Å². The van der Waals surface area contributed by atoms with E-state index in [1.807, 2.05) is 31.2 Å². The predicted octanol–water partition coefficient (Wildman–Crippen LogP) is 2.38. The number of carbonyl (C=O) groups excluding carboxylic acids is 1. The number of hydrogen-bond donors (Lipinski definition) is 2. The maximum Gasteiger partial charge on any atom is 0.328 e. The van der Waals surface area contributed by atoms with E-state index in [-0.39, 0.29) is 9.34 Å². The standard InChI is InChI=1S/C19H27N5O5S2/c1-4-9-24(19-21-16(25)17(30-19)31(27,28)22(2)3)18(26)20-14-5-7-15(8-6-14)23-10-12-29-13-11-23/h5-8,25H,4,9-13H2,1-3H3,(H,20,26). The van der Waals surface area contributed by atoms with E-state index in [2.05, 4.69) is 15.2 Å². The van der Waals surface area contributed by atoms with Gasteiger partial charge < -0.3 is 20.1 Å². The molecule has 1 aliphatic heterocycles. The molecule has 0 bridgehead atoms. The van der Waals surface area contributed by atoms with E-state index < -0.39 is 21.9 Å². The topological polar surface area (TPSA) is 115 Å². The van der Waals surface area contributed by atoms with Crippen LogP contribution < -0.4 is 15.1 Å². The highest BCUT2D eigenvalue weighted by atomic mass is 32.2. The largest absolute Gasteiger partial charge is 0.492 e. The van der Waals surface area contributed by atoms with Crippen LogP contribution in [-0.2, 0) is 14.8 Å². The molecule has 0 radical (unpaired) electrons. The summed E-state index contributed by atoms with van der Waals surface area (Å²) in [6.07, 6.45) is 0.624. The molecule has 0 saturated carbocycles. The first-order valence-electron chi connectivity index (χ1n) is 9.87. The monoisotopic (exact) mass is 469 g/mol. The lowest BCUT2D eigenvalue weighted by atomic mass is 10.2. The zero-order chi connectivity index (χ0) is 22.6. The lowest BCUT2D eigenvalue weighted by Crippen LogP contribution is -2.36. The summed E-state index contributed by atoms with van der Waals surface area (Å²) < 4.78 is 30.8. The number of sulfonamides is 1. The Morgan fingerprint density at radius 3 is 2.48 bits per heavy atom. The number of nitrogens with one attached hydrogen (secondary N) is 1. The molecule has 2 amide bonds. The number of urea groups is 1. The van der Waals surface area contributed by atoms with E-state index in [1.165, 1.54) is 19.0 Å². The average Bonchev–Trinajstić information content (AvgIpc) is 3.15. The highest BCUT2D eigenvalue weighted by Gasteiger charge is 2.29. The van der Waals surface area contributed by atoms with Crippen LogP contribution in [0, 0.1) is 0 Å². The zero-order valence-electron chi connectivity index (χ0n) is 17.7. The minimum atomic E-state index is -3.87. The highest BCUT2D eigenvalue weighted by molar-refractivity contribution is 7.91. The fourth-order valence-electron chi connectivity index (χ4n) is 3.01. The van der Waals surface area contributed by atoms with Crippen LogP contribution in [0.15, 0.2) is 28.5 Å². The summed E-state index contributed by atoms with van der Waals surface area (Å²) in [5, 5.41) is 13.0. The number of thiazole rings is 1. The fourth-order valence-corrected chi connectivity index (χ4v) is 5.43. The summed E-state index contributed by atoms with van der Waals surface area (Å²) in [6, 6.07) is 7.04. The van der Waals surface area contributed by atoms with Gasteiger partial charge in [0, 0.05) is 45.1 Å². The van der Waals surface area contributed by atoms with Gasteiger partial charge in [-0.1, -0.05) is 18.3 Å². The van der Waals surface area contributed by atoms with E-state index in [0.717, 1.165) is 34.4 Å². The summed E-state index contributed by atoms with van der Waals surface area (Å²) in [5.41, 5.74) is 1.65. The number of carbonyl (C=O) groups is 1. The van der Waals surface area contributed by atoms with Gasteiger partial charge >= 0.3 is 6.03 Å². The van der Waals surface area contributed by atoms with E-state index in [4.69, 9.17) is 4.74 Å². The third-order valence-electron chi connectivity index (χ3n) is 4.70. The second-order valence-corrected chi connectivity index (χ2v) is 10.4. The van der Waals surface area contributed by atoms with Crippen LogP contribution in [0.25, 0.3) is 0 Å². The molecule has 170 valence electrons. The Balaban J connectivity index is 1.77. The van der Waals surface area contributed by atoms with Crippen molar-refractivity contribution in [3.8, 4) is 5.88 Å². The Morgan fingerprint density at radius 1 is 1.26 bits per heavy atom. The molecule has 0 unspecified atom stereocenters. The van der Waals surface area contributed by atoms with Crippen LogP contribution in [0.1, 0.15) is 13.3 Å². The van der Waals surface area contributed by atoms with Crippen molar-refractivity contribution in [2.45, 2.75) is 17.6 Å². The molecule has 1 saturated heterocycles. The molecular formula is C19H27N5O5S2. The minimum Gasteiger partial charge on any atom is -0.492 e. The number of aromatic nitrogens is 1. The lowest BCUT2D eigenvalue weighted by molar-refractivity contribution is 0.122. The van der Waals surface area contributed by atoms with Crippen LogP contribution in [0.3, 0.4) is 0 Å². The molecule has 2 N–H and O–H groups in total. The van der Waals surface area contributed by atoms with E-state index >= 15 is 0 Å². The summed E-state index contributed by atoms with van der Waals surface area (Å²) in [5.74, 6) is -0.613. The van der Waals surface area contributed by atoms with Crippen LogP contribution in [0.2, 0.25) is 0 Å². The van der Waals surface area contributed by atoms with Gasteiger partial charge in [-0.15, -0.1) is 0 Å². The van der Waals surface area contributed by atoms with Crippen LogP contribution in [-0.4, -0.2) is 75.8 Å². The smallest absolute Gasteiger partial charge is 0.328 e. The molecule has 1 aromatic heterocycles. The molecule has 0 aliphatic carbocycles. The van der Waals surface area contributed by atoms with Crippen LogP contribution >= 0.6 is 11.3 Å². The van der Waals surface area contributed by atoms with Crippen LogP contribution in [0.4, 0.5) is 21.3 Å². The number of hydrogen-bond acceptors (Lipinski definition) is 8. The molecule has 3 rings (SSSR count). The molecule has 0 spiro atoms. The van der Waals surface area contributed by atoms with Gasteiger partial charge in [0.25, 0.3) is 10.0 Å². The van der Waals surface area contributed by atoms with Gasteiger partial charge in [0.15, 0.2) is 5.13 Å². The number of benzene rings is 1. The Bertz CT molecular complexity index is 1000. The number of morpholine rings is 1. The van der Waals surface area contributed by atoms with Gasteiger partial charge in [-0.25, -0.2) is 17.5 Å². The second kappa shape index (κ2) is 9.81. The van der Waals surface area contributed by atoms with Gasteiger partial charge in [-0.05, 0) is 30.7 Å². The maximum atomic E-state index is 12.9. The Labute approximate surface area is 186 Å². The highest BCUT2D eigenvalue weighted by Crippen LogP contribution is 2.36. The van der Waals surface area contributed by atoms with Crippen LogP contribution in [0.5, 0.6) is 5.88 Å². The Kier molecular flexibility index (Phi) is 7.36. The van der Waals surface area contributed by atoms with Gasteiger partial charge in [0.2, 0.25) is 10.1 Å². The maximum absolute atomic E-state index is 12.9. The molecule has 1 aromatic carbocycles. The first-order valence-corrected chi connectivity index (χ1v) is 12.1. The third-order valence-corrected chi connectivity index (χ3v) is 8.06. The molecule has 12 heteroatoms. The lowest BCUT2D eigenvalue weighted by Gasteiger charge is -2.29. The molecule has 10 nitrogen and oxygen atoms in total. The van der Waals surface area contributed by atoms with Crippen molar-refractivity contribution >= 4 is 43.9 Å². The van der Waals surface area contributed by atoms with Gasteiger partial charge in [0.1, 0.15) is 0 Å². The molecular weight excluding hydrogens is 442 g/mol. The zero-order valence-corrected chi connectivity index (χ0v) is 19.4. The molecule has 2 heterocycles. The third kappa shape index (κ3) is 5.26. The van der Waals surface area contributed by atoms with Crippen molar-refractivity contribution in [3.05, 3.63) is 24.3 Å². The van der Waals surface area contributed by atoms with Crippen molar-refractivity contribution in [2.24, 2.45) is 0 Å². The normalized spacial score (nSPS) is 14.6. The van der Waals surface area contributed by atoms with Gasteiger partial charge in [-0.3, -0.25) is 4.90 Å². The summed E-state index contributed by atoms with van der Waals surface area (Å²) >= 11 is 0.759. The predicted molar refractivity (Wildman–Crippen MR) is 121 cm³/mol. The quantitative estimate of drug-likeness (QED) is 0.640. The second-order valence-electron chi connectivity index (χ2n) is 7.12. The number of anilines is 3. The van der Waals surface area contributed by atoms with E-state index in [1.54, 1.807) is 0 Å². The summed E-state index contributed by atoms with van der Waals surface area (Å²) in [6.45, 7) is 5.23. The minimum absolute atomic E-state index is 0.113. The van der Waals surface area contributed by atoms with Crippen molar-refractivity contribution in [1.82, 2.24) is 9.29 Å². The summed E-state index contributed by atoms with van der Waals surface area (Å²) in [4.78, 5) is 20.4. The number of nitrogens with zero attached hydrogens (tertiary/aromatic N) is 4. The first-order chi connectivity index (χ1) is 14.7. The molecule has 1 fully saturated rings. The van der Waals surface area contributed by atoms with Crippen molar-refractivity contribution < 1.29 is 23.1 Å². The average molecular weight is 470 g/mol. The number of ether oxygens (including phenoxy) is 1. The van der Waals surface area contributed by atoms with Gasteiger partial charge in [0.05, 0.1) is 13.2 Å². The Morgan fingerprint density at radius 2 is 1.90 bits per heavy atom. The number of rotatable bonds is 7. The number of amides is 2. The molecule has 2 aromatic rings. The SMILES string of the molecule is CCCN(C(=O)Nc1ccc(N2CCOCC2)cc1)c1nc(O)c(S(=O)(=O)N(C)C)s1.